The Bertz CT molecular complexity index is 582. The molecule has 104 valence electrons. The van der Waals surface area contributed by atoms with Crippen LogP contribution < -0.4 is 4.74 Å². The van der Waals surface area contributed by atoms with Gasteiger partial charge in [-0.15, -0.1) is 0 Å². The van der Waals surface area contributed by atoms with E-state index in [9.17, 15) is 4.79 Å². The van der Waals surface area contributed by atoms with Crippen molar-refractivity contribution in [2.45, 2.75) is 12.8 Å². The fourth-order valence-electron chi connectivity index (χ4n) is 1.87. The van der Waals surface area contributed by atoms with Gasteiger partial charge in [-0.25, -0.2) is 4.79 Å². The molecule has 0 heterocycles. The Hall–Kier alpha value is -1.81. The van der Waals surface area contributed by atoms with Crippen molar-refractivity contribution in [3.8, 4) is 5.75 Å². The number of carboxylic acids is 1. The van der Waals surface area contributed by atoms with Crippen molar-refractivity contribution in [1.29, 1.82) is 0 Å². The molecule has 2 aromatic rings. The highest BCUT2D eigenvalue weighted by atomic mass is 79.9. The van der Waals surface area contributed by atoms with Gasteiger partial charge in [-0.05, 0) is 52.5 Å². The van der Waals surface area contributed by atoms with Crippen molar-refractivity contribution >= 4 is 21.9 Å². The molecule has 0 aromatic heterocycles. The van der Waals surface area contributed by atoms with Crippen LogP contribution in [0.2, 0.25) is 0 Å². The van der Waals surface area contributed by atoms with Gasteiger partial charge >= 0.3 is 5.97 Å². The largest absolute Gasteiger partial charge is 0.494 e. The zero-order valence-electron chi connectivity index (χ0n) is 10.9. The first kappa shape index (κ1) is 14.6. The summed E-state index contributed by atoms with van der Waals surface area (Å²) in [6.07, 6.45) is 1.84. The summed E-state index contributed by atoms with van der Waals surface area (Å²) < 4.78 is 6.15. The van der Waals surface area contributed by atoms with Crippen LogP contribution >= 0.6 is 15.9 Å². The van der Waals surface area contributed by atoms with Crippen LogP contribution in [0.15, 0.2) is 53.0 Å². The first-order valence-electron chi connectivity index (χ1n) is 6.36. The molecule has 0 bridgehead atoms. The summed E-state index contributed by atoms with van der Waals surface area (Å²) in [5.74, 6) is -0.384. The molecule has 20 heavy (non-hydrogen) atoms. The predicted molar refractivity (Wildman–Crippen MR) is 81.4 cm³/mol. The van der Waals surface area contributed by atoms with Gasteiger partial charge in [0.25, 0.3) is 0 Å². The monoisotopic (exact) mass is 334 g/mol. The minimum absolute atomic E-state index is 0.213. The minimum Gasteiger partial charge on any atom is -0.494 e. The van der Waals surface area contributed by atoms with E-state index in [1.165, 1.54) is 11.6 Å². The fraction of sp³-hybridized carbons (Fsp3) is 0.188. The molecule has 0 saturated carbocycles. The third-order valence-electron chi connectivity index (χ3n) is 2.89. The molecule has 0 spiro atoms. The third-order valence-corrected chi connectivity index (χ3v) is 3.58. The second kappa shape index (κ2) is 7.10. The maximum Gasteiger partial charge on any atom is 0.336 e. The lowest BCUT2D eigenvalue weighted by molar-refractivity contribution is 0.0695. The van der Waals surface area contributed by atoms with Crippen LogP contribution in [0.4, 0.5) is 0 Å². The Morgan fingerprint density at radius 1 is 1.15 bits per heavy atom. The Morgan fingerprint density at radius 3 is 2.60 bits per heavy atom. The number of aryl methyl sites for hydroxylation is 1. The van der Waals surface area contributed by atoms with Crippen molar-refractivity contribution in [2.24, 2.45) is 0 Å². The van der Waals surface area contributed by atoms with Gasteiger partial charge in [-0.2, -0.15) is 0 Å². The molecule has 0 fully saturated rings. The molecule has 0 unspecified atom stereocenters. The van der Waals surface area contributed by atoms with Crippen LogP contribution in [0.25, 0.3) is 0 Å². The first-order chi connectivity index (χ1) is 9.66. The summed E-state index contributed by atoms with van der Waals surface area (Å²) >= 11 is 3.21. The van der Waals surface area contributed by atoms with Gasteiger partial charge in [0.1, 0.15) is 5.75 Å². The molecule has 0 aliphatic rings. The molecule has 0 saturated heterocycles. The summed E-state index contributed by atoms with van der Waals surface area (Å²) in [6.45, 7) is 0.565. The Morgan fingerprint density at radius 2 is 1.90 bits per heavy atom. The van der Waals surface area contributed by atoms with Crippen LogP contribution in [-0.2, 0) is 6.42 Å². The Labute approximate surface area is 126 Å². The van der Waals surface area contributed by atoms with Crippen LogP contribution in [0.3, 0.4) is 0 Å². The van der Waals surface area contributed by atoms with E-state index in [-0.39, 0.29) is 5.56 Å². The normalized spacial score (nSPS) is 10.2. The zero-order chi connectivity index (χ0) is 14.4. The van der Waals surface area contributed by atoms with E-state index in [2.05, 4.69) is 28.1 Å². The van der Waals surface area contributed by atoms with E-state index in [0.717, 1.165) is 12.8 Å². The van der Waals surface area contributed by atoms with Gasteiger partial charge in [-0.1, -0.05) is 30.3 Å². The summed E-state index contributed by atoms with van der Waals surface area (Å²) in [7, 11) is 0. The lowest BCUT2D eigenvalue weighted by atomic mass is 10.1. The van der Waals surface area contributed by atoms with E-state index in [4.69, 9.17) is 9.84 Å². The van der Waals surface area contributed by atoms with Crippen LogP contribution in [0, 0.1) is 0 Å². The van der Waals surface area contributed by atoms with Crippen LogP contribution in [0.1, 0.15) is 22.3 Å². The average molecular weight is 335 g/mol. The molecule has 0 aliphatic heterocycles. The van der Waals surface area contributed by atoms with E-state index in [1.54, 1.807) is 12.1 Å². The molecular weight excluding hydrogens is 320 g/mol. The summed E-state index contributed by atoms with van der Waals surface area (Å²) in [5.41, 5.74) is 1.49. The van der Waals surface area contributed by atoms with Gasteiger partial charge < -0.3 is 9.84 Å². The van der Waals surface area contributed by atoms with Crippen molar-refractivity contribution in [1.82, 2.24) is 0 Å². The van der Waals surface area contributed by atoms with Crippen LogP contribution in [0.5, 0.6) is 5.75 Å². The lowest BCUT2D eigenvalue weighted by Crippen LogP contribution is -2.02. The molecule has 4 heteroatoms. The molecule has 0 amide bonds. The highest BCUT2D eigenvalue weighted by Gasteiger charge is 2.09. The fourth-order valence-corrected chi connectivity index (χ4v) is 2.29. The summed E-state index contributed by atoms with van der Waals surface area (Å²) in [4.78, 5) is 11.0. The lowest BCUT2D eigenvalue weighted by Gasteiger charge is -2.08. The van der Waals surface area contributed by atoms with Gasteiger partial charge in [0, 0.05) is 4.47 Å². The number of halogens is 1. The van der Waals surface area contributed by atoms with Gasteiger partial charge in [0.2, 0.25) is 0 Å². The van der Waals surface area contributed by atoms with Crippen LogP contribution in [-0.4, -0.2) is 17.7 Å². The maximum atomic E-state index is 11.0. The Balaban J connectivity index is 1.85. The number of benzene rings is 2. The smallest absolute Gasteiger partial charge is 0.336 e. The number of hydrogen-bond donors (Lipinski definition) is 1. The molecule has 0 radical (unpaired) electrons. The number of carboxylic acid groups (broad SMARTS) is 1. The van der Waals surface area contributed by atoms with E-state index in [0.29, 0.717) is 16.8 Å². The highest BCUT2D eigenvalue weighted by molar-refractivity contribution is 9.10. The van der Waals surface area contributed by atoms with Crippen molar-refractivity contribution in [3.63, 3.8) is 0 Å². The topological polar surface area (TPSA) is 46.5 Å². The third kappa shape index (κ3) is 4.10. The van der Waals surface area contributed by atoms with E-state index >= 15 is 0 Å². The number of aromatic carboxylic acids is 1. The van der Waals surface area contributed by atoms with E-state index < -0.39 is 5.97 Å². The van der Waals surface area contributed by atoms with Crippen molar-refractivity contribution in [3.05, 3.63) is 64.1 Å². The number of ether oxygens (including phenoxy) is 1. The zero-order valence-corrected chi connectivity index (χ0v) is 12.5. The molecule has 2 rings (SSSR count). The standard InChI is InChI=1S/C16H15BrO3/c17-15-9-8-13(11-14(15)16(18)19)20-10-4-7-12-5-2-1-3-6-12/h1-3,5-6,8-9,11H,4,7,10H2,(H,18,19). The molecule has 0 aliphatic carbocycles. The van der Waals surface area contributed by atoms with Gasteiger partial charge in [0.05, 0.1) is 12.2 Å². The minimum atomic E-state index is -0.966. The maximum absolute atomic E-state index is 11.0. The van der Waals surface area contributed by atoms with Crippen molar-refractivity contribution in [2.75, 3.05) is 6.61 Å². The second-order valence-electron chi connectivity index (χ2n) is 4.38. The molecule has 3 nitrogen and oxygen atoms in total. The summed E-state index contributed by atoms with van der Waals surface area (Å²) in [5, 5.41) is 9.02. The number of carbonyl (C=O) groups is 1. The quantitative estimate of drug-likeness (QED) is 0.807. The molecular formula is C16H15BrO3. The second-order valence-corrected chi connectivity index (χ2v) is 5.24. The predicted octanol–water partition coefficient (Wildman–Crippen LogP) is 4.16. The van der Waals surface area contributed by atoms with Crippen molar-refractivity contribution < 1.29 is 14.6 Å². The first-order valence-corrected chi connectivity index (χ1v) is 7.15. The SMILES string of the molecule is O=C(O)c1cc(OCCCc2ccccc2)ccc1Br. The van der Waals surface area contributed by atoms with Gasteiger partial charge in [-0.3, -0.25) is 0 Å². The average Bonchev–Trinajstić information content (AvgIpc) is 2.46. The van der Waals surface area contributed by atoms with Gasteiger partial charge in [0.15, 0.2) is 0 Å². The van der Waals surface area contributed by atoms with E-state index in [1.807, 2.05) is 18.2 Å². The molecule has 0 atom stereocenters. The summed E-state index contributed by atoms with van der Waals surface area (Å²) in [6, 6.07) is 15.2. The molecule has 1 N–H and O–H groups in total. The highest BCUT2D eigenvalue weighted by Crippen LogP contribution is 2.22. The Kier molecular flexibility index (Phi) is 5.18. The number of hydrogen-bond acceptors (Lipinski definition) is 2. The number of rotatable bonds is 6. The molecule has 2 aromatic carbocycles.